The molecule has 3 N–H and O–H groups in total. The van der Waals surface area contributed by atoms with Gasteiger partial charge >= 0.3 is 0 Å². The van der Waals surface area contributed by atoms with Gasteiger partial charge in [-0.2, -0.15) is 5.10 Å². The standard InChI is InChI=1S/C18H15N5O/c1-24-13-6-4-11(5-7-13)17-16-15(22-23-18(16)19)9-14(21-17)12-3-2-8-20-10-12/h2-10H,1H3,(H3,19,22,23). The third kappa shape index (κ3) is 2.34. The maximum absolute atomic E-state index is 6.04. The van der Waals surface area contributed by atoms with Crippen LogP contribution < -0.4 is 10.5 Å². The molecule has 0 unspecified atom stereocenters. The van der Waals surface area contributed by atoms with Crippen molar-refractivity contribution in [2.45, 2.75) is 0 Å². The molecule has 1 aromatic carbocycles. The van der Waals surface area contributed by atoms with E-state index in [1.807, 2.05) is 42.5 Å². The second kappa shape index (κ2) is 5.66. The van der Waals surface area contributed by atoms with Gasteiger partial charge in [0, 0.05) is 23.5 Å². The fraction of sp³-hybridized carbons (Fsp3) is 0.0556. The van der Waals surface area contributed by atoms with Gasteiger partial charge in [0.15, 0.2) is 5.82 Å². The minimum Gasteiger partial charge on any atom is -0.497 e. The van der Waals surface area contributed by atoms with Crippen molar-refractivity contribution < 1.29 is 4.74 Å². The largest absolute Gasteiger partial charge is 0.497 e. The molecule has 0 bridgehead atoms. The SMILES string of the molecule is COc1ccc(-c2nc(-c3cccnc3)cc3[nH]nc(N)c23)cc1. The van der Waals surface area contributed by atoms with E-state index in [4.69, 9.17) is 15.5 Å². The van der Waals surface area contributed by atoms with E-state index in [-0.39, 0.29) is 0 Å². The Morgan fingerprint density at radius 2 is 1.92 bits per heavy atom. The third-order valence-electron chi connectivity index (χ3n) is 3.89. The summed E-state index contributed by atoms with van der Waals surface area (Å²) in [5.74, 6) is 1.22. The van der Waals surface area contributed by atoms with Crippen LogP contribution in [-0.4, -0.2) is 27.3 Å². The molecular formula is C18H15N5O. The van der Waals surface area contributed by atoms with Gasteiger partial charge in [0.25, 0.3) is 0 Å². The van der Waals surface area contributed by atoms with Gasteiger partial charge in [-0.3, -0.25) is 10.1 Å². The summed E-state index contributed by atoms with van der Waals surface area (Å²) in [4.78, 5) is 8.97. The van der Waals surface area contributed by atoms with Crippen LogP contribution in [0.25, 0.3) is 33.4 Å². The lowest BCUT2D eigenvalue weighted by Crippen LogP contribution is -1.93. The number of fused-ring (bicyclic) bond motifs is 1. The van der Waals surface area contributed by atoms with Crippen LogP contribution in [0.3, 0.4) is 0 Å². The highest BCUT2D eigenvalue weighted by molar-refractivity contribution is 6.01. The summed E-state index contributed by atoms with van der Waals surface area (Å²) in [6.07, 6.45) is 3.52. The van der Waals surface area contributed by atoms with Crippen molar-refractivity contribution in [1.29, 1.82) is 0 Å². The first-order chi connectivity index (χ1) is 11.8. The molecule has 0 aliphatic heterocycles. The highest BCUT2D eigenvalue weighted by Crippen LogP contribution is 2.33. The predicted octanol–water partition coefficient (Wildman–Crippen LogP) is 3.28. The van der Waals surface area contributed by atoms with Crippen molar-refractivity contribution in [3.8, 4) is 28.3 Å². The number of benzene rings is 1. The Labute approximate surface area is 138 Å². The van der Waals surface area contributed by atoms with Crippen LogP contribution in [0.5, 0.6) is 5.75 Å². The van der Waals surface area contributed by atoms with Crippen LogP contribution in [0.15, 0.2) is 54.9 Å². The van der Waals surface area contributed by atoms with Gasteiger partial charge in [0.1, 0.15) is 5.75 Å². The maximum atomic E-state index is 6.04. The number of pyridine rings is 2. The number of nitrogen functional groups attached to an aromatic ring is 1. The lowest BCUT2D eigenvalue weighted by atomic mass is 10.0. The Bertz CT molecular complexity index is 993. The molecule has 0 atom stereocenters. The van der Waals surface area contributed by atoms with E-state index in [9.17, 15) is 0 Å². The summed E-state index contributed by atoms with van der Waals surface area (Å²) in [6, 6.07) is 13.5. The number of rotatable bonds is 3. The first-order valence-electron chi connectivity index (χ1n) is 7.45. The monoisotopic (exact) mass is 317 g/mol. The Morgan fingerprint density at radius 3 is 2.62 bits per heavy atom. The van der Waals surface area contributed by atoms with Crippen LogP contribution in [0.4, 0.5) is 5.82 Å². The molecule has 0 saturated heterocycles. The summed E-state index contributed by atoms with van der Waals surface area (Å²) >= 11 is 0. The molecule has 0 fully saturated rings. The van der Waals surface area contributed by atoms with E-state index in [0.717, 1.165) is 39.2 Å². The number of nitrogens with zero attached hydrogens (tertiary/aromatic N) is 3. The number of aromatic amines is 1. The van der Waals surface area contributed by atoms with Crippen molar-refractivity contribution in [3.63, 3.8) is 0 Å². The Morgan fingerprint density at radius 1 is 1.08 bits per heavy atom. The number of H-pyrrole nitrogens is 1. The van der Waals surface area contributed by atoms with Gasteiger partial charge in [0.05, 0.1) is 29.4 Å². The average molecular weight is 317 g/mol. The zero-order chi connectivity index (χ0) is 16.5. The molecule has 6 heteroatoms. The van der Waals surface area contributed by atoms with E-state index in [1.165, 1.54) is 0 Å². The van der Waals surface area contributed by atoms with Crippen molar-refractivity contribution in [2.75, 3.05) is 12.8 Å². The van der Waals surface area contributed by atoms with Crippen LogP contribution in [0, 0.1) is 0 Å². The number of anilines is 1. The highest BCUT2D eigenvalue weighted by Gasteiger charge is 2.14. The molecule has 0 spiro atoms. The van der Waals surface area contributed by atoms with Crippen molar-refractivity contribution in [3.05, 3.63) is 54.9 Å². The van der Waals surface area contributed by atoms with Gasteiger partial charge in [-0.05, 0) is 42.5 Å². The molecule has 0 saturated carbocycles. The number of nitrogens with one attached hydrogen (secondary N) is 1. The quantitative estimate of drug-likeness (QED) is 0.605. The van der Waals surface area contributed by atoms with E-state index in [2.05, 4.69) is 15.2 Å². The topological polar surface area (TPSA) is 89.7 Å². The second-order valence-electron chi connectivity index (χ2n) is 5.36. The zero-order valence-corrected chi connectivity index (χ0v) is 13.0. The Kier molecular flexibility index (Phi) is 3.35. The lowest BCUT2D eigenvalue weighted by molar-refractivity contribution is 0.415. The molecule has 24 heavy (non-hydrogen) atoms. The molecular weight excluding hydrogens is 302 g/mol. The second-order valence-corrected chi connectivity index (χ2v) is 5.36. The van der Waals surface area contributed by atoms with Gasteiger partial charge in [-0.25, -0.2) is 4.98 Å². The zero-order valence-electron chi connectivity index (χ0n) is 13.0. The van der Waals surface area contributed by atoms with Gasteiger partial charge in [-0.15, -0.1) is 0 Å². The van der Waals surface area contributed by atoms with Gasteiger partial charge < -0.3 is 10.5 Å². The summed E-state index contributed by atoms with van der Waals surface area (Å²) in [5, 5.41) is 7.91. The number of hydrogen-bond donors (Lipinski definition) is 2. The molecule has 118 valence electrons. The van der Waals surface area contributed by atoms with Crippen molar-refractivity contribution >= 4 is 16.7 Å². The number of aromatic nitrogens is 4. The molecule has 4 aromatic rings. The average Bonchev–Trinajstić information content (AvgIpc) is 3.03. The minimum absolute atomic E-state index is 0.432. The first-order valence-corrected chi connectivity index (χ1v) is 7.45. The van der Waals surface area contributed by atoms with Crippen LogP contribution in [0.1, 0.15) is 0 Å². The molecule has 0 amide bonds. The van der Waals surface area contributed by atoms with E-state index in [1.54, 1.807) is 19.5 Å². The fourth-order valence-electron chi connectivity index (χ4n) is 2.69. The summed E-state index contributed by atoms with van der Waals surface area (Å²) < 4.78 is 5.22. The number of hydrogen-bond acceptors (Lipinski definition) is 5. The lowest BCUT2D eigenvalue weighted by Gasteiger charge is -2.08. The van der Waals surface area contributed by atoms with Crippen molar-refractivity contribution in [1.82, 2.24) is 20.2 Å². The normalized spacial score (nSPS) is 10.9. The first kappa shape index (κ1) is 14.2. The summed E-state index contributed by atoms with van der Waals surface area (Å²) in [7, 11) is 1.64. The van der Waals surface area contributed by atoms with Crippen molar-refractivity contribution in [2.24, 2.45) is 0 Å². The van der Waals surface area contributed by atoms with E-state index >= 15 is 0 Å². The number of methoxy groups -OCH3 is 1. The van der Waals surface area contributed by atoms with E-state index < -0.39 is 0 Å². The van der Waals surface area contributed by atoms with Crippen LogP contribution in [-0.2, 0) is 0 Å². The molecule has 6 nitrogen and oxygen atoms in total. The van der Waals surface area contributed by atoms with Gasteiger partial charge in [-0.1, -0.05) is 0 Å². The molecule has 3 aromatic heterocycles. The van der Waals surface area contributed by atoms with E-state index in [0.29, 0.717) is 5.82 Å². The molecule has 0 aliphatic carbocycles. The molecule has 0 aliphatic rings. The molecule has 3 heterocycles. The van der Waals surface area contributed by atoms with Gasteiger partial charge in [0.2, 0.25) is 0 Å². The number of ether oxygens (including phenoxy) is 1. The number of nitrogens with two attached hydrogens (primary N) is 1. The van der Waals surface area contributed by atoms with Crippen LogP contribution >= 0.6 is 0 Å². The smallest absolute Gasteiger partial charge is 0.155 e. The molecule has 0 radical (unpaired) electrons. The fourth-order valence-corrected chi connectivity index (χ4v) is 2.69. The highest BCUT2D eigenvalue weighted by atomic mass is 16.5. The Hall–Kier alpha value is -3.41. The summed E-state index contributed by atoms with van der Waals surface area (Å²) in [6.45, 7) is 0. The van der Waals surface area contributed by atoms with Crippen LogP contribution in [0.2, 0.25) is 0 Å². The third-order valence-corrected chi connectivity index (χ3v) is 3.89. The summed E-state index contributed by atoms with van der Waals surface area (Å²) in [5.41, 5.74) is 10.3. The predicted molar refractivity (Wildman–Crippen MR) is 93.5 cm³/mol. The maximum Gasteiger partial charge on any atom is 0.155 e. The minimum atomic E-state index is 0.432. The molecule has 4 rings (SSSR count). The Balaban J connectivity index is 1.96.